The molecule has 6 nitrogen and oxygen atoms in total. The third-order valence-corrected chi connectivity index (χ3v) is 4.57. The lowest BCUT2D eigenvalue weighted by atomic mass is 10.2. The fourth-order valence-electron chi connectivity index (χ4n) is 2.43. The van der Waals surface area contributed by atoms with Crippen molar-refractivity contribution < 1.29 is 13.6 Å². The molecule has 0 saturated carbocycles. The highest BCUT2D eigenvalue weighted by Crippen LogP contribution is 2.24. The van der Waals surface area contributed by atoms with E-state index in [1.807, 2.05) is 61.5 Å². The van der Waals surface area contributed by atoms with Crippen LogP contribution in [-0.2, 0) is 12.4 Å². The highest BCUT2D eigenvalue weighted by molar-refractivity contribution is 7.98. The van der Waals surface area contributed by atoms with Crippen LogP contribution in [0.1, 0.15) is 17.1 Å². The van der Waals surface area contributed by atoms with E-state index in [-0.39, 0.29) is 6.61 Å². The van der Waals surface area contributed by atoms with E-state index < -0.39 is 0 Å². The van der Waals surface area contributed by atoms with Gasteiger partial charge in [0.2, 0.25) is 5.89 Å². The molecule has 0 saturated heterocycles. The summed E-state index contributed by atoms with van der Waals surface area (Å²) in [4.78, 5) is 4.48. The zero-order valence-corrected chi connectivity index (χ0v) is 15.5. The molecular weight excluding hydrogens is 362 g/mol. The van der Waals surface area contributed by atoms with Gasteiger partial charge in [-0.25, -0.2) is 4.98 Å². The third kappa shape index (κ3) is 4.57. The second-order valence-electron chi connectivity index (χ2n) is 5.87. The van der Waals surface area contributed by atoms with Gasteiger partial charge in [0, 0.05) is 11.3 Å². The molecule has 4 rings (SSSR count). The summed E-state index contributed by atoms with van der Waals surface area (Å²) in [7, 11) is 0. The van der Waals surface area contributed by atoms with Crippen LogP contribution in [0.25, 0.3) is 11.5 Å². The van der Waals surface area contributed by atoms with Gasteiger partial charge in [-0.05, 0) is 36.8 Å². The summed E-state index contributed by atoms with van der Waals surface area (Å²) in [5.41, 5.74) is 2.90. The minimum atomic E-state index is 0.235. The van der Waals surface area contributed by atoms with Gasteiger partial charge in [-0.3, -0.25) is 0 Å². The van der Waals surface area contributed by atoms with Crippen LogP contribution >= 0.6 is 11.8 Å². The number of nitrogens with zero attached hydrogens (tertiary/aromatic N) is 3. The highest BCUT2D eigenvalue weighted by Gasteiger charge is 2.11. The van der Waals surface area contributed by atoms with E-state index in [0.717, 1.165) is 22.6 Å². The Balaban J connectivity index is 1.31. The molecule has 0 atom stereocenters. The predicted molar refractivity (Wildman–Crippen MR) is 101 cm³/mol. The van der Waals surface area contributed by atoms with Crippen LogP contribution < -0.4 is 4.74 Å². The molecule has 0 aliphatic heterocycles. The molecule has 2 heterocycles. The molecule has 4 aromatic rings. The molecule has 0 N–H and O–H groups in total. The zero-order chi connectivity index (χ0) is 18.5. The average molecular weight is 379 g/mol. The standard InChI is InChI=1S/C20H17N3O3S/c1-14-6-5-9-17(10-14)24-12-18-22-23-20(26-18)27-13-16-11-25-19(21-16)15-7-3-2-4-8-15/h2-11H,12-13H2,1H3. The maximum absolute atomic E-state index is 5.67. The quantitative estimate of drug-likeness (QED) is 0.423. The Morgan fingerprint density at radius 3 is 2.78 bits per heavy atom. The van der Waals surface area contributed by atoms with Crippen molar-refractivity contribution in [2.45, 2.75) is 24.5 Å². The van der Waals surface area contributed by atoms with E-state index in [4.69, 9.17) is 13.6 Å². The Hall–Kier alpha value is -3.06. The van der Waals surface area contributed by atoms with E-state index in [1.165, 1.54) is 11.8 Å². The Bertz CT molecular complexity index is 1010. The number of benzene rings is 2. The number of aryl methyl sites for hydroxylation is 1. The van der Waals surface area contributed by atoms with Crippen LogP contribution in [0.3, 0.4) is 0 Å². The molecule has 2 aromatic heterocycles. The number of ether oxygens (including phenoxy) is 1. The lowest BCUT2D eigenvalue weighted by Crippen LogP contribution is -1.95. The third-order valence-electron chi connectivity index (χ3n) is 3.72. The molecule has 7 heteroatoms. The van der Waals surface area contributed by atoms with Gasteiger partial charge in [-0.1, -0.05) is 42.1 Å². The van der Waals surface area contributed by atoms with Crippen LogP contribution in [0.2, 0.25) is 0 Å². The van der Waals surface area contributed by atoms with Gasteiger partial charge >= 0.3 is 0 Å². The molecule has 2 aromatic carbocycles. The molecular formula is C20H17N3O3S. The van der Waals surface area contributed by atoms with Gasteiger partial charge < -0.3 is 13.6 Å². The summed E-state index contributed by atoms with van der Waals surface area (Å²) in [6.45, 7) is 2.25. The monoisotopic (exact) mass is 379 g/mol. The number of rotatable bonds is 7. The Kier molecular flexibility index (Phi) is 5.20. The summed E-state index contributed by atoms with van der Waals surface area (Å²) in [6, 6.07) is 17.6. The summed E-state index contributed by atoms with van der Waals surface area (Å²) in [5, 5.41) is 8.52. The van der Waals surface area contributed by atoms with E-state index in [1.54, 1.807) is 6.26 Å². The van der Waals surface area contributed by atoms with Crippen LogP contribution in [0.4, 0.5) is 0 Å². The fourth-order valence-corrected chi connectivity index (χ4v) is 3.08. The zero-order valence-electron chi connectivity index (χ0n) is 14.7. The van der Waals surface area contributed by atoms with E-state index >= 15 is 0 Å². The number of aromatic nitrogens is 3. The SMILES string of the molecule is Cc1cccc(OCc2nnc(SCc3coc(-c4ccccc4)n3)o2)c1. The minimum absolute atomic E-state index is 0.235. The first-order valence-electron chi connectivity index (χ1n) is 8.41. The summed E-state index contributed by atoms with van der Waals surface area (Å²) in [6.07, 6.45) is 1.65. The molecule has 0 aliphatic rings. The topological polar surface area (TPSA) is 74.2 Å². The molecule has 0 amide bonds. The van der Waals surface area contributed by atoms with Crippen molar-refractivity contribution >= 4 is 11.8 Å². The maximum atomic E-state index is 5.67. The van der Waals surface area contributed by atoms with Gasteiger partial charge in [0.1, 0.15) is 12.0 Å². The van der Waals surface area contributed by atoms with E-state index in [0.29, 0.717) is 22.8 Å². The van der Waals surface area contributed by atoms with Crippen molar-refractivity contribution in [2.75, 3.05) is 0 Å². The second-order valence-corrected chi connectivity index (χ2v) is 6.79. The molecule has 0 spiro atoms. The molecule has 136 valence electrons. The van der Waals surface area contributed by atoms with Crippen molar-refractivity contribution in [3.05, 3.63) is 78.0 Å². The molecule has 0 fully saturated rings. The smallest absolute Gasteiger partial charge is 0.277 e. The van der Waals surface area contributed by atoms with Gasteiger partial charge in [-0.15, -0.1) is 10.2 Å². The second kappa shape index (κ2) is 8.09. The highest BCUT2D eigenvalue weighted by atomic mass is 32.2. The molecule has 0 bridgehead atoms. The summed E-state index contributed by atoms with van der Waals surface area (Å²) < 4.78 is 16.8. The van der Waals surface area contributed by atoms with Crippen LogP contribution in [0.15, 0.2) is 74.9 Å². The number of thioether (sulfide) groups is 1. The Morgan fingerprint density at radius 1 is 1.04 bits per heavy atom. The first-order chi connectivity index (χ1) is 13.3. The van der Waals surface area contributed by atoms with Crippen LogP contribution in [-0.4, -0.2) is 15.2 Å². The summed E-state index contributed by atoms with van der Waals surface area (Å²) >= 11 is 1.41. The van der Waals surface area contributed by atoms with E-state index in [9.17, 15) is 0 Å². The Labute approximate surface area is 160 Å². The van der Waals surface area contributed by atoms with Gasteiger partial charge in [-0.2, -0.15) is 0 Å². The van der Waals surface area contributed by atoms with Crippen molar-refractivity contribution in [3.63, 3.8) is 0 Å². The molecule has 27 heavy (non-hydrogen) atoms. The fraction of sp³-hybridized carbons (Fsp3) is 0.150. The van der Waals surface area contributed by atoms with Crippen molar-refractivity contribution in [1.29, 1.82) is 0 Å². The van der Waals surface area contributed by atoms with Gasteiger partial charge in [0.25, 0.3) is 11.1 Å². The molecule has 0 unspecified atom stereocenters. The van der Waals surface area contributed by atoms with Crippen molar-refractivity contribution in [1.82, 2.24) is 15.2 Å². The van der Waals surface area contributed by atoms with Crippen LogP contribution in [0, 0.1) is 6.92 Å². The lowest BCUT2D eigenvalue weighted by molar-refractivity contribution is 0.252. The number of oxazole rings is 1. The minimum Gasteiger partial charge on any atom is -0.484 e. The number of hydrogen-bond donors (Lipinski definition) is 0. The van der Waals surface area contributed by atoms with Gasteiger partial charge in [0.05, 0.1) is 5.69 Å². The molecule has 0 aliphatic carbocycles. The first kappa shape index (κ1) is 17.4. The first-order valence-corrected chi connectivity index (χ1v) is 9.39. The van der Waals surface area contributed by atoms with E-state index in [2.05, 4.69) is 15.2 Å². The molecule has 0 radical (unpaired) electrons. The maximum Gasteiger partial charge on any atom is 0.277 e. The largest absolute Gasteiger partial charge is 0.484 e. The number of hydrogen-bond acceptors (Lipinski definition) is 7. The van der Waals surface area contributed by atoms with Crippen molar-refractivity contribution in [3.8, 4) is 17.2 Å². The van der Waals surface area contributed by atoms with Crippen LogP contribution in [0.5, 0.6) is 5.75 Å². The summed E-state index contributed by atoms with van der Waals surface area (Å²) in [5.74, 6) is 2.39. The average Bonchev–Trinajstić information content (AvgIpc) is 3.35. The normalized spacial score (nSPS) is 10.9. The van der Waals surface area contributed by atoms with Gasteiger partial charge in [0.15, 0.2) is 6.61 Å². The lowest BCUT2D eigenvalue weighted by Gasteiger charge is -2.03. The predicted octanol–water partition coefficient (Wildman–Crippen LogP) is 4.90. The Morgan fingerprint density at radius 2 is 1.93 bits per heavy atom. The van der Waals surface area contributed by atoms with Crippen molar-refractivity contribution in [2.24, 2.45) is 0 Å².